The third kappa shape index (κ3) is 5.52. The number of rotatable bonds is 6. The first kappa shape index (κ1) is 26.9. The number of nitrogens with zero attached hydrogens (tertiary/aromatic N) is 5. The summed E-state index contributed by atoms with van der Waals surface area (Å²) in [7, 11) is 0. The predicted octanol–water partition coefficient (Wildman–Crippen LogP) is 4.75. The summed E-state index contributed by atoms with van der Waals surface area (Å²) in [6, 6.07) is 21.5. The van der Waals surface area contributed by atoms with Gasteiger partial charge in [0.2, 0.25) is 12.7 Å². The molecule has 1 saturated heterocycles. The van der Waals surface area contributed by atoms with Gasteiger partial charge in [-0.05, 0) is 51.1 Å². The standard InChI is InChI=1S/C31H31N5O4S/c1-20-4-8-23(9-5-20)29-32-33-31(36(29)25-11-6-21(2)7-12-25)41-18-28(37)34-14-15-35(22(3)17-34)30(38)24-10-13-26-27(16-24)40-19-39-26/h4-13,16,22H,14-15,17-19H2,1-3H3. The van der Waals surface area contributed by atoms with Crippen molar-refractivity contribution in [3.63, 3.8) is 0 Å². The van der Waals surface area contributed by atoms with Crippen LogP contribution in [0.2, 0.25) is 0 Å². The van der Waals surface area contributed by atoms with Crippen LogP contribution < -0.4 is 9.47 Å². The first-order valence-corrected chi connectivity index (χ1v) is 14.6. The maximum atomic E-state index is 13.3. The molecule has 0 aliphatic carbocycles. The molecule has 2 amide bonds. The van der Waals surface area contributed by atoms with E-state index in [0.29, 0.717) is 41.9 Å². The molecule has 10 heteroatoms. The van der Waals surface area contributed by atoms with Crippen LogP contribution in [0.4, 0.5) is 0 Å². The molecule has 41 heavy (non-hydrogen) atoms. The highest BCUT2D eigenvalue weighted by molar-refractivity contribution is 7.99. The summed E-state index contributed by atoms with van der Waals surface area (Å²) >= 11 is 1.37. The molecule has 0 N–H and O–H groups in total. The van der Waals surface area contributed by atoms with Crippen LogP contribution in [0.5, 0.6) is 11.5 Å². The number of amides is 2. The van der Waals surface area contributed by atoms with Crippen LogP contribution in [0.25, 0.3) is 17.1 Å². The van der Waals surface area contributed by atoms with Crippen molar-refractivity contribution in [1.29, 1.82) is 0 Å². The Morgan fingerprint density at radius 2 is 1.61 bits per heavy atom. The molecule has 0 radical (unpaired) electrons. The molecule has 1 fully saturated rings. The summed E-state index contributed by atoms with van der Waals surface area (Å²) in [5, 5.41) is 9.63. The molecule has 2 aliphatic heterocycles. The summed E-state index contributed by atoms with van der Waals surface area (Å²) in [6.45, 7) is 7.64. The van der Waals surface area contributed by atoms with E-state index < -0.39 is 0 Å². The first-order valence-electron chi connectivity index (χ1n) is 13.6. The monoisotopic (exact) mass is 569 g/mol. The van der Waals surface area contributed by atoms with Gasteiger partial charge in [0.25, 0.3) is 5.91 Å². The number of fused-ring (bicyclic) bond motifs is 1. The fraction of sp³-hybridized carbons (Fsp3) is 0.290. The summed E-state index contributed by atoms with van der Waals surface area (Å²) in [6.07, 6.45) is 0. The van der Waals surface area contributed by atoms with Gasteiger partial charge in [-0.25, -0.2) is 0 Å². The van der Waals surface area contributed by atoms with E-state index >= 15 is 0 Å². The van der Waals surface area contributed by atoms with E-state index in [0.717, 1.165) is 22.6 Å². The minimum atomic E-state index is -0.125. The minimum absolute atomic E-state index is 0.00682. The maximum absolute atomic E-state index is 13.3. The largest absolute Gasteiger partial charge is 0.454 e. The number of piperazine rings is 1. The molecular formula is C31H31N5O4S. The van der Waals surface area contributed by atoms with Crippen molar-refractivity contribution in [2.45, 2.75) is 32.0 Å². The molecule has 2 aliphatic rings. The number of aryl methyl sites for hydroxylation is 2. The number of carbonyl (C=O) groups is 2. The zero-order chi connectivity index (χ0) is 28.5. The van der Waals surface area contributed by atoms with E-state index in [1.807, 2.05) is 45.6 Å². The van der Waals surface area contributed by atoms with Crippen LogP contribution in [0.15, 0.2) is 71.9 Å². The molecule has 3 heterocycles. The second kappa shape index (κ2) is 11.3. The summed E-state index contributed by atoms with van der Waals surface area (Å²) in [5.41, 5.74) is 4.78. The Labute approximate surface area is 243 Å². The Morgan fingerprint density at radius 3 is 2.34 bits per heavy atom. The fourth-order valence-electron chi connectivity index (χ4n) is 5.08. The lowest BCUT2D eigenvalue weighted by molar-refractivity contribution is -0.130. The van der Waals surface area contributed by atoms with Crippen molar-refractivity contribution in [1.82, 2.24) is 24.6 Å². The van der Waals surface area contributed by atoms with Crippen LogP contribution >= 0.6 is 11.8 Å². The lowest BCUT2D eigenvalue weighted by atomic mass is 10.1. The van der Waals surface area contributed by atoms with Crippen molar-refractivity contribution in [2.24, 2.45) is 0 Å². The van der Waals surface area contributed by atoms with Gasteiger partial charge in [-0.2, -0.15) is 0 Å². The van der Waals surface area contributed by atoms with Crippen LogP contribution in [-0.4, -0.2) is 74.6 Å². The highest BCUT2D eigenvalue weighted by atomic mass is 32.2. The van der Waals surface area contributed by atoms with Crippen LogP contribution in [-0.2, 0) is 4.79 Å². The van der Waals surface area contributed by atoms with Crippen molar-refractivity contribution < 1.29 is 19.1 Å². The van der Waals surface area contributed by atoms with Crippen molar-refractivity contribution >= 4 is 23.6 Å². The molecular weight excluding hydrogens is 538 g/mol. The molecule has 3 aromatic carbocycles. The molecule has 210 valence electrons. The molecule has 9 nitrogen and oxygen atoms in total. The van der Waals surface area contributed by atoms with Gasteiger partial charge in [-0.15, -0.1) is 10.2 Å². The van der Waals surface area contributed by atoms with E-state index in [9.17, 15) is 9.59 Å². The molecule has 6 rings (SSSR count). The van der Waals surface area contributed by atoms with Crippen molar-refractivity contribution in [3.8, 4) is 28.6 Å². The number of benzene rings is 3. The number of hydrogen-bond donors (Lipinski definition) is 0. The lowest BCUT2D eigenvalue weighted by Crippen LogP contribution is -2.55. The van der Waals surface area contributed by atoms with Gasteiger partial charge in [0.15, 0.2) is 22.5 Å². The van der Waals surface area contributed by atoms with Gasteiger partial charge in [0.05, 0.1) is 5.75 Å². The Kier molecular flexibility index (Phi) is 7.40. The van der Waals surface area contributed by atoms with Crippen LogP contribution in [0.1, 0.15) is 28.4 Å². The summed E-state index contributed by atoms with van der Waals surface area (Å²) in [4.78, 5) is 30.2. The Bertz CT molecular complexity index is 1590. The van der Waals surface area contributed by atoms with E-state index in [-0.39, 0.29) is 30.4 Å². The highest BCUT2D eigenvalue weighted by Gasteiger charge is 2.31. The smallest absolute Gasteiger partial charge is 0.254 e. The zero-order valence-electron chi connectivity index (χ0n) is 23.2. The molecule has 1 unspecified atom stereocenters. The number of aromatic nitrogens is 3. The molecule has 1 aromatic heterocycles. The van der Waals surface area contributed by atoms with Gasteiger partial charge in [0.1, 0.15) is 0 Å². The van der Waals surface area contributed by atoms with Gasteiger partial charge in [0, 0.05) is 42.5 Å². The van der Waals surface area contributed by atoms with E-state index in [1.165, 1.54) is 17.3 Å². The average Bonchev–Trinajstić information content (AvgIpc) is 3.63. The quantitative estimate of drug-likeness (QED) is 0.310. The van der Waals surface area contributed by atoms with E-state index in [4.69, 9.17) is 9.47 Å². The van der Waals surface area contributed by atoms with Gasteiger partial charge in [-0.1, -0.05) is 59.3 Å². The van der Waals surface area contributed by atoms with Gasteiger partial charge < -0.3 is 19.3 Å². The second-order valence-corrected chi connectivity index (χ2v) is 11.3. The molecule has 0 saturated carbocycles. The lowest BCUT2D eigenvalue weighted by Gasteiger charge is -2.40. The fourth-order valence-corrected chi connectivity index (χ4v) is 5.93. The first-order chi connectivity index (χ1) is 19.9. The topological polar surface area (TPSA) is 89.8 Å². The highest BCUT2D eigenvalue weighted by Crippen LogP contribution is 2.33. The molecule has 4 aromatic rings. The summed E-state index contributed by atoms with van der Waals surface area (Å²) in [5.74, 6) is 2.11. The Hall–Kier alpha value is -4.31. The normalized spacial score (nSPS) is 16.2. The number of thioether (sulfide) groups is 1. The van der Waals surface area contributed by atoms with Gasteiger partial charge in [-0.3, -0.25) is 14.2 Å². The van der Waals surface area contributed by atoms with Gasteiger partial charge >= 0.3 is 0 Å². The van der Waals surface area contributed by atoms with Crippen LogP contribution in [0, 0.1) is 13.8 Å². The average molecular weight is 570 g/mol. The molecule has 0 spiro atoms. The SMILES string of the molecule is Cc1ccc(-c2nnc(SCC(=O)N3CCN(C(=O)c4ccc5c(c4)OCO5)C(C)C3)n2-c2ccc(C)cc2)cc1. The van der Waals surface area contributed by atoms with Crippen LogP contribution in [0.3, 0.4) is 0 Å². The predicted molar refractivity (Wildman–Crippen MR) is 157 cm³/mol. The van der Waals surface area contributed by atoms with E-state index in [2.05, 4.69) is 48.3 Å². The van der Waals surface area contributed by atoms with E-state index in [1.54, 1.807) is 18.2 Å². The number of carbonyl (C=O) groups excluding carboxylic acids is 2. The molecule has 0 bridgehead atoms. The zero-order valence-corrected chi connectivity index (χ0v) is 24.1. The maximum Gasteiger partial charge on any atom is 0.254 e. The Balaban J connectivity index is 1.14. The van der Waals surface area contributed by atoms with Crippen molar-refractivity contribution in [3.05, 3.63) is 83.4 Å². The third-order valence-corrected chi connectivity index (χ3v) is 8.33. The second-order valence-electron chi connectivity index (χ2n) is 10.4. The molecule has 1 atom stereocenters. The Morgan fingerprint density at radius 1 is 0.902 bits per heavy atom. The minimum Gasteiger partial charge on any atom is -0.454 e. The number of ether oxygens (including phenoxy) is 2. The number of hydrogen-bond acceptors (Lipinski definition) is 7. The van der Waals surface area contributed by atoms with Crippen molar-refractivity contribution in [2.75, 3.05) is 32.2 Å². The summed E-state index contributed by atoms with van der Waals surface area (Å²) < 4.78 is 12.8. The third-order valence-electron chi connectivity index (χ3n) is 7.42.